The number of allylic oxidation sites excluding steroid dienone is 1. The highest BCUT2D eigenvalue weighted by Crippen LogP contribution is 2.48. The van der Waals surface area contributed by atoms with Crippen LogP contribution >= 0.6 is 23.3 Å². The predicted molar refractivity (Wildman–Crippen MR) is 77.1 cm³/mol. The number of fused-ring (bicyclic) bond motifs is 2. The topological polar surface area (TPSA) is 29.5 Å². The largest absolute Gasteiger partial charge is 0.422 e. The lowest BCUT2D eigenvalue weighted by Crippen LogP contribution is -2.37. The zero-order valence-electron chi connectivity index (χ0n) is 10.3. The fourth-order valence-corrected chi connectivity index (χ4v) is 4.77. The summed E-state index contributed by atoms with van der Waals surface area (Å²) in [6.45, 7) is 0. The number of nitrogens with zero attached hydrogens (tertiary/aromatic N) is 1. The van der Waals surface area contributed by atoms with Gasteiger partial charge in [-0.05, 0) is 54.7 Å². The predicted octanol–water partition coefficient (Wildman–Crippen LogP) is 3.76. The molecule has 1 atom stereocenters. The number of carbonyl (C=O) groups is 1. The molecule has 3 heterocycles. The molecule has 0 spiro atoms. The third-order valence-electron chi connectivity index (χ3n) is 3.70. The van der Waals surface area contributed by atoms with Crippen LogP contribution in [0, 0.1) is 0 Å². The number of hydrogen-bond donors (Lipinski definition) is 0. The molecule has 1 aliphatic carbocycles. The summed E-state index contributed by atoms with van der Waals surface area (Å²) >= 11 is 3.32. The zero-order valence-corrected chi connectivity index (χ0v) is 11.9. The highest BCUT2D eigenvalue weighted by molar-refractivity contribution is 8.01. The van der Waals surface area contributed by atoms with Gasteiger partial charge in [-0.1, -0.05) is 6.07 Å². The molecule has 3 aliphatic rings. The Labute approximate surface area is 120 Å². The Kier molecular flexibility index (Phi) is 2.70. The molecular formula is C14H13NO2S2. The summed E-state index contributed by atoms with van der Waals surface area (Å²) in [7, 11) is 0. The molecule has 2 aliphatic heterocycles. The highest BCUT2D eigenvalue weighted by atomic mass is 32.2. The van der Waals surface area contributed by atoms with Crippen molar-refractivity contribution < 1.29 is 9.53 Å². The van der Waals surface area contributed by atoms with Crippen LogP contribution in [0.1, 0.15) is 30.6 Å². The van der Waals surface area contributed by atoms with Gasteiger partial charge in [-0.2, -0.15) is 0 Å². The second-order valence-corrected chi connectivity index (χ2v) is 6.95. The van der Waals surface area contributed by atoms with Crippen LogP contribution in [0.5, 0.6) is 0 Å². The van der Waals surface area contributed by atoms with Crippen LogP contribution in [-0.2, 0) is 9.53 Å². The summed E-state index contributed by atoms with van der Waals surface area (Å²) in [6.07, 6.45) is 6.57. The lowest BCUT2D eigenvalue weighted by molar-refractivity contribution is -0.140. The van der Waals surface area contributed by atoms with Crippen LogP contribution in [0.25, 0.3) is 5.76 Å². The van der Waals surface area contributed by atoms with Crippen molar-refractivity contribution in [3.05, 3.63) is 39.1 Å². The SMILES string of the molecule is O=C1OC(c2cccs2)=CN2SC3=C(CCCC3)C12. The summed E-state index contributed by atoms with van der Waals surface area (Å²) in [5.41, 5.74) is 1.29. The average molecular weight is 291 g/mol. The first-order valence-electron chi connectivity index (χ1n) is 6.48. The Balaban J connectivity index is 1.70. The Bertz CT molecular complexity index is 589. The summed E-state index contributed by atoms with van der Waals surface area (Å²) in [5, 5.41) is 2.00. The maximum atomic E-state index is 12.3. The van der Waals surface area contributed by atoms with E-state index in [1.165, 1.54) is 23.3 Å². The third kappa shape index (κ3) is 1.83. The molecule has 0 saturated carbocycles. The monoisotopic (exact) mass is 291 g/mol. The number of rotatable bonds is 1. The molecular weight excluding hydrogens is 278 g/mol. The first-order chi connectivity index (χ1) is 9.33. The molecule has 1 aromatic rings. The van der Waals surface area contributed by atoms with Gasteiger partial charge in [-0.15, -0.1) is 11.3 Å². The normalized spacial score (nSPS) is 25.9. The van der Waals surface area contributed by atoms with Crippen LogP contribution < -0.4 is 0 Å². The van der Waals surface area contributed by atoms with E-state index >= 15 is 0 Å². The van der Waals surface area contributed by atoms with E-state index in [-0.39, 0.29) is 12.0 Å². The maximum absolute atomic E-state index is 12.3. The van der Waals surface area contributed by atoms with Gasteiger partial charge in [-0.25, -0.2) is 4.79 Å². The smallest absolute Gasteiger partial charge is 0.339 e. The Hall–Kier alpha value is -1.20. The van der Waals surface area contributed by atoms with E-state index in [0.717, 1.165) is 17.7 Å². The van der Waals surface area contributed by atoms with Gasteiger partial charge >= 0.3 is 5.97 Å². The van der Waals surface area contributed by atoms with Crippen molar-refractivity contribution in [2.75, 3.05) is 0 Å². The third-order valence-corrected chi connectivity index (χ3v) is 5.80. The fraction of sp³-hybridized carbons (Fsp3) is 0.357. The Morgan fingerprint density at radius 1 is 1.32 bits per heavy atom. The molecule has 0 bridgehead atoms. The molecule has 3 nitrogen and oxygen atoms in total. The lowest BCUT2D eigenvalue weighted by atomic mass is 9.93. The van der Waals surface area contributed by atoms with E-state index in [9.17, 15) is 4.79 Å². The zero-order chi connectivity index (χ0) is 12.8. The van der Waals surface area contributed by atoms with Gasteiger partial charge in [0.25, 0.3) is 0 Å². The van der Waals surface area contributed by atoms with Crippen LogP contribution in [0.15, 0.2) is 34.2 Å². The number of ether oxygens (including phenoxy) is 1. The molecule has 5 heteroatoms. The van der Waals surface area contributed by atoms with E-state index in [4.69, 9.17) is 4.74 Å². The molecule has 0 radical (unpaired) electrons. The molecule has 98 valence electrons. The number of esters is 1. The van der Waals surface area contributed by atoms with Crippen molar-refractivity contribution >= 4 is 35.0 Å². The summed E-state index contributed by atoms with van der Waals surface area (Å²) < 4.78 is 7.62. The minimum Gasteiger partial charge on any atom is -0.422 e. The summed E-state index contributed by atoms with van der Waals surface area (Å²) in [4.78, 5) is 14.7. The lowest BCUT2D eigenvalue weighted by Gasteiger charge is -2.28. The first-order valence-corrected chi connectivity index (χ1v) is 8.14. The number of carbonyl (C=O) groups excluding carboxylic acids is 1. The molecule has 0 aromatic carbocycles. The van der Waals surface area contributed by atoms with Gasteiger partial charge in [-0.3, -0.25) is 4.31 Å². The highest BCUT2D eigenvalue weighted by Gasteiger charge is 2.42. The van der Waals surface area contributed by atoms with E-state index in [2.05, 4.69) is 4.31 Å². The molecule has 0 fully saturated rings. The van der Waals surface area contributed by atoms with Crippen molar-refractivity contribution in [3.8, 4) is 0 Å². The second kappa shape index (κ2) is 4.42. The summed E-state index contributed by atoms with van der Waals surface area (Å²) in [6, 6.07) is 3.78. The number of hydrogen-bond acceptors (Lipinski definition) is 5. The van der Waals surface area contributed by atoms with Crippen LogP contribution in [0.3, 0.4) is 0 Å². The van der Waals surface area contributed by atoms with E-state index < -0.39 is 0 Å². The van der Waals surface area contributed by atoms with Gasteiger partial charge in [0.1, 0.15) is 0 Å². The quantitative estimate of drug-likeness (QED) is 0.582. The molecule has 4 rings (SSSR count). The van der Waals surface area contributed by atoms with Crippen molar-refractivity contribution in [1.29, 1.82) is 0 Å². The van der Waals surface area contributed by atoms with Crippen molar-refractivity contribution in [2.45, 2.75) is 31.7 Å². The van der Waals surface area contributed by atoms with Gasteiger partial charge in [0.2, 0.25) is 0 Å². The molecule has 0 N–H and O–H groups in total. The minimum absolute atomic E-state index is 0.120. The van der Waals surface area contributed by atoms with Crippen molar-refractivity contribution in [1.82, 2.24) is 4.31 Å². The maximum Gasteiger partial charge on any atom is 0.339 e. The van der Waals surface area contributed by atoms with Crippen molar-refractivity contribution in [3.63, 3.8) is 0 Å². The Morgan fingerprint density at radius 3 is 3.05 bits per heavy atom. The first kappa shape index (κ1) is 11.6. The molecule has 19 heavy (non-hydrogen) atoms. The van der Waals surface area contributed by atoms with Gasteiger partial charge in [0.15, 0.2) is 11.8 Å². The van der Waals surface area contributed by atoms with E-state index in [1.54, 1.807) is 23.3 Å². The number of thiophene rings is 1. The molecule has 0 amide bonds. The fourth-order valence-electron chi connectivity index (χ4n) is 2.81. The average Bonchev–Trinajstić information content (AvgIpc) is 3.05. The van der Waals surface area contributed by atoms with E-state index in [0.29, 0.717) is 5.76 Å². The summed E-state index contributed by atoms with van der Waals surface area (Å²) in [5.74, 6) is 0.564. The minimum atomic E-state index is -0.177. The van der Waals surface area contributed by atoms with Gasteiger partial charge in [0.05, 0.1) is 11.1 Å². The molecule has 0 saturated heterocycles. The molecule has 1 unspecified atom stereocenters. The molecule has 1 aromatic heterocycles. The van der Waals surface area contributed by atoms with Crippen molar-refractivity contribution in [2.24, 2.45) is 0 Å². The van der Waals surface area contributed by atoms with Crippen LogP contribution in [0.2, 0.25) is 0 Å². The standard InChI is InChI=1S/C14H13NO2S2/c16-14-13-9-4-1-2-5-11(9)19-15(13)8-10(17-14)12-6-3-7-18-12/h3,6-8,13H,1-2,4-5H2. The van der Waals surface area contributed by atoms with Gasteiger partial charge < -0.3 is 4.74 Å². The number of cyclic esters (lactones) is 1. The van der Waals surface area contributed by atoms with E-state index in [1.807, 2.05) is 23.7 Å². The van der Waals surface area contributed by atoms with Crippen LogP contribution in [0.4, 0.5) is 0 Å². The Morgan fingerprint density at radius 2 is 2.21 bits per heavy atom. The second-order valence-electron chi connectivity index (χ2n) is 4.90. The van der Waals surface area contributed by atoms with Gasteiger partial charge in [0, 0.05) is 4.91 Å². The van der Waals surface area contributed by atoms with Crippen LogP contribution in [-0.4, -0.2) is 16.3 Å².